The molecule has 0 aliphatic heterocycles. The fraction of sp³-hybridized carbons (Fsp3) is 0.667. The number of aryl methyl sites for hydroxylation is 1. The molecule has 1 amide bonds. The Labute approximate surface area is 127 Å². The minimum Gasteiger partial charge on any atom is -0.373 e. The second-order valence-corrected chi connectivity index (χ2v) is 6.04. The number of nitrogens with zero attached hydrogens (tertiary/aromatic N) is 2. The molecule has 0 spiro atoms. The van der Waals surface area contributed by atoms with Crippen molar-refractivity contribution in [3.63, 3.8) is 0 Å². The monoisotopic (exact) mass is 293 g/mol. The van der Waals surface area contributed by atoms with E-state index in [-0.39, 0.29) is 11.4 Å². The maximum atomic E-state index is 11.8. The lowest BCUT2D eigenvalue weighted by Crippen LogP contribution is -2.41. The van der Waals surface area contributed by atoms with E-state index in [2.05, 4.69) is 25.9 Å². The smallest absolute Gasteiger partial charge is 0.222 e. The first kappa shape index (κ1) is 17.2. The van der Waals surface area contributed by atoms with E-state index in [1.807, 2.05) is 41.7 Å². The largest absolute Gasteiger partial charge is 0.373 e. The lowest BCUT2D eigenvalue weighted by Gasteiger charge is -2.20. The van der Waals surface area contributed by atoms with Crippen LogP contribution in [0.1, 0.15) is 45.5 Å². The number of nitrogens with one attached hydrogen (secondary N) is 3. The third-order valence-electron chi connectivity index (χ3n) is 2.90. The molecule has 0 aliphatic carbocycles. The third-order valence-corrected chi connectivity index (χ3v) is 2.90. The number of anilines is 2. The number of aromatic nitrogens is 2. The van der Waals surface area contributed by atoms with Gasteiger partial charge in [0.25, 0.3) is 0 Å². The zero-order valence-corrected chi connectivity index (χ0v) is 13.9. The van der Waals surface area contributed by atoms with Crippen LogP contribution in [0.5, 0.6) is 0 Å². The van der Waals surface area contributed by atoms with Gasteiger partial charge in [0.05, 0.1) is 0 Å². The molecule has 0 radical (unpaired) electrons. The predicted molar refractivity (Wildman–Crippen MR) is 86.7 cm³/mol. The molecule has 1 rings (SSSR count). The van der Waals surface area contributed by atoms with Gasteiger partial charge in [-0.05, 0) is 27.7 Å². The van der Waals surface area contributed by atoms with Crippen molar-refractivity contribution in [3.8, 4) is 0 Å². The second kappa shape index (κ2) is 7.24. The molecule has 21 heavy (non-hydrogen) atoms. The van der Waals surface area contributed by atoms with Crippen LogP contribution in [0.4, 0.5) is 11.6 Å². The van der Waals surface area contributed by atoms with Gasteiger partial charge in [-0.25, -0.2) is 9.97 Å². The van der Waals surface area contributed by atoms with Crippen molar-refractivity contribution < 1.29 is 4.79 Å². The SMILES string of the molecule is CCc1nc(NC)c(C)c(NCCC(=O)NC(C)(C)C)n1. The van der Waals surface area contributed by atoms with Crippen LogP contribution in [0.3, 0.4) is 0 Å². The first-order chi connectivity index (χ1) is 9.76. The van der Waals surface area contributed by atoms with E-state index in [4.69, 9.17) is 0 Å². The molecule has 118 valence electrons. The van der Waals surface area contributed by atoms with Gasteiger partial charge < -0.3 is 16.0 Å². The standard InChI is InChI=1S/C15H27N5O/c1-7-11-18-13(16-6)10(2)14(19-11)17-9-8-12(21)20-15(3,4)5/h7-9H2,1-6H3,(H,20,21)(H2,16,17,18,19). The fourth-order valence-corrected chi connectivity index (χ4v) is 1.91. The normalized spacial score (nSPS) is 11.1. The molecule has 0 fully saturated rings. The van der Waals surface area contributed by atoms with Gasteiger partial charge in [0.15, 0.2) is 0 Å². The Morgan fingerprint density at radius 2 is 1.81 bits per heavy atom. The molecule has 6 heteroatoms. The maximum absolute atomic E-state index is 11.8. The summed E-state index contributed by atoms with van der Waals surface area (Å²) in [7, 11) is 1.84. The van der Waals surface area contributed by atoms with Crippen molar-refractivity contribution >= 4 is 17.5 Å². The molecule has 0 saturated carbocycles. The Bertz CT molecular complexity index is 494. The van der Waals surface area contributed by atoms with Crippen LogP contribution in [0.15, 0.2) is 0 Å². The Morgan fingerprint density at radius 1 is 1.19 bits per heavy atom. The quantitative estimate of drug-likeness (QED) is 0.748. The minimum atomic E-state index is -0.198. The Kier molecular flexibility index (Phi) is 5.93. The molecule has 0 saturated heterocycles. The van der Waals surface area contributed by atoms with Crippen LogP contribution in [0.25, 0.3) is 0 Å². The number of amides is 1. The zero-order chi connectivity index (χ0) is 16.0. The van der Waals surface area contributed by atoms with Gasteiger partial charge in [-0.1, -0.05) is 6.92 Å². The van der Waals surface area contributed by atoms with E-state index in [0.29, 0.717) is 13.0 Å². The summed E-state index contributed by atoms with van der Waals surface area (Å²) < 4.78 is 0. The average Bonchev–Trinajstić information content (AvgIpc) is 2.38. The van der Waals surface area contributed by atoms with E-state index < -0.39 is 0 Å². The summed E-state index contributed by atoms with van der Waals surface area (Å²) in [6.45, 7) is 10.4. The van der Waals surface area contributed by atoms with Crippen LogP contribution in [0.2, 0.25) is 0 Å². The highest BCUT2D eigenvalue weighted by atomic mass is 16.1. The fourth-order valence-electron chi connectivity index (χ4n) is 1.91. The summed E-state index contributed by atoms with van der Waals surface area (Å²) in [5.41, 5.74) is 0.766. The van der Waals surface area contributed by atoms with Crippen LogP contribution in [0, 0.1) is 6.92 Å². The van der Waals surface area contributed by atoms with Crippen LogP contribution >= 0.6 is 0 Å². The molecular formula is C15H27N5O. The molecule has 0 aliphatic rings. The predicted octanol–water partition coefficient (Wildman–Crippen LogP) is 2.11. The van der Waals surface area contributed by atoms with E-state index in [9.17, 15) is 4.79 Å². The maximum Gasteiger partial charge on any atom is 0.222 e. The number of rotatable bonds is 6. The number of carbonyl (C=O) groups is 1. The Balaban J connectivity index is 2.65. The van der Waals surface area contributed by atoms with Gasteiger partial charge in [0, 0.05) is 37.5 Å². The summed E-state index contributed by atoms with van der Waals surface area (Å²) in [5.74, 6) is 2.43. The summed E-state index contributed by atoms with van der Waals surface area (Å²) in [6, 6.07) is 0. The van der Waals surface area contributed by atoms with Crippen molar-refractivity contribution in [1.29, 1.82) is 0 Å². The summed E-state index contributed by atoms with van der Waals surface area (Å²) in [4.78, 5) is 20.7. The molecular weight excluding hydrogens is 266 g/mol. The van der Waals surface area contributed by atoms with Crippen LogP contribution < -0.4 is 16.0 Å². The zero-order valence-electron chi connectivity index (χ0n) is 13.9. The molecule has 1 heterocycles. The summed E-state index contributed by atoms with van der Waals surface area (Å²) in [5, 5.41) is 9.24. The van der Waals surface area contributed by atoms with E-state index in [1.165, 1.54) is 0 Å². The molecule has 0 bridgehead atoms. The second-order valence-electron chi connectivity index (χ2n) is 6.04. The van der Waals surface area contributed by atoms with Crippen molar-refractivity contribution in [3.05, 3.63) is 11.4 Å². The van der Waals surface area contributed by atoms with Gasteiger partial charge in [-0.3, -0.25) is 4.79 Å². The summed E-state index contributed by atoms with van der Waals surface area (Å²) in [6.07, 6.45) is 1.19. The highest BCUT2D eigenvalue weighted by Crippen LogP contribution is 2.19. The molecule has 0 atom stereocenters. The molecule has 1 aromatic rings. The molecule has 6 nitrogen and oxygen atoms in total. The van der Waals surface area contributed by atoms with Crippen molar-refractivity contribution in [2.75, 3.05) is 24.2 Å². The van der Waals surface area contributed by atoms with Crippen LogP contribution in [-0.2, 0) is 11.2 Å². The highest BCUT2D eigenvalue weighted by Gasteiger charge is 2.14. The number of carbonyl (C=O) groups excluding carboxylic acids is 1. The van der Waals surface area contributed by atoms with Gasteiger partial charge in [-0.2, -0.15) is 0 Å². The Hall–Kier alpha value is -1.85. The first-order valence-electron chi connectivity index (χ1n) is 7.37. The van der Waals surface area contributed by atoms with Gasteiger partial charge >= 0.3 is 0 Å². The van der Waals surface area contributed by atoms with Crippen molar-refractivity contribution in [2.24, 2.45) is 0 Å². The molecule has 1 aromatic heterocycles. The van der Waals surface area contributed by atoms with Gasteiger partial charge in [0.1, 0.15) is 17.5 Å². The number of hydrogen-bond acceptors (Lipinski definition) is 5. The molecule has 0 unspecified atom stereocenters. The van der Waals surface area contributed by atoms with Crippen molar-refractivity contribution in [1.82, 2.24) is 15.3 Å². The van der Waals surface area contributed by atoms with Crippen LogP contribution in [-0.4, -0.2) is 35.0 Å². The average molecular weight is 293 g/mol. The van der Waals surface area contributed by atoms with E-state index in [1.54, 1.807) is 0 Å². The lowest BCUT2D eigenvalue weighted by atomic mass is 10.1. The van der Waals surface area contributed by atoms with Crippen molar-refractivity contribution in [2.45, 2.75) is 53.0 Å². The minimum absolute atomic E-state index is 0.0336. The first-order valence-corrected chi connectivity index (χ1v) is 7.37. The topological polar surface area (TPSA) is 78.9 Å². The van der Waals surface area contributed by atoms with Gasteiger partial charge in [0.2, 0.25) is 5.91 Å². The Morgan fingerprint density at radius 3 is 2.33 bits per heavy atom. The molecule has 0 aromatic carbocycles. The van der Waals surface area contributed by atoms with Gasteiger partial charge in [-0.15, -0.1) is 0 Å². The van der Waals surface area contributed by atoms with E-state index in [0.717, 1.165) is 29.4 Å². The highest BCUT2D eigenvalue weighted by molar-refractivity contribution is 5.77. The molecule has 3 N–H and O–H groups in total. The lowest BCUT2D eigenvalue weighted by molar-refractivity contribution is -0.122. The van der Waals surface area contributed by atoms with E-state index >= 15 is 0 Å². The number of hydrogen-bond donors (Lipinski definition) is 3. The summed E-state index contributed by atoms with van der Waals surface area (Å²) >= 11 is 0. The third kappa shape index (κ3) is 5.57.